The van der Waals surface area contributed by atoms with Crippen LogP contribution in [-0.2, 0) is 6.54 Å². The van der Waals surface area contributed by atoms with Gasteiger partial charge in [0.05, 0.1) is 12.4 Å². The summed E-state index contributed by atoms with van der Waals surface area (Å²) in [6.07, 6.45) is 4.61. The first-order valence-corrected chi connectivity index (χ1v) is 6.28. The van der Waals surface area contributed by atoms with Gasteiger partial charge in [-0.3, -0.25) is 4.79 Å². The Hall–Kier alpha value is -2.69. The first kappa shape index (κ1) is 13.7. The Morgan fingerprint density at radius 3 is 2.65 bits per heavy atom. The van der Waals surface area contributed by atoms with Gasteiger partial charge in [0.2, 0.25) is 0 Å². The van der Waals surface area contributed by atoms with E-state index in [0.717, 1.165) is 5.56 Å². The van der Waals surface area contributed by atoms with E-state index in [1.807, 2.05) is 30.3 Å². The van der Waals surface area contributed by atoms with Gasteiger partial charge in [0.1, 0.15) is 11.5 Å². The second kappa shape index (κ2) is 7.04. The molecule has 0 atom stereocenters. The van der Waals surface area contributed by atoms with Crippen LogP contribution in [0.15, 0.2) is 55.4 Å². The van der Waals surface area contributed by atoms with Crippen molar-refractivity contribution in [3.63, 3.8) is 0 Å². The summed E-state index contributed by atoms with van der Waals surface area (Å²) in [4.78, 5) is 19.8. The monoisotopic (exact) mass is 268 g/mol. The van der Waals surface area contributed by atoms with Crippen molar-refractivity contribution in [1.82, 2.24) is 15.3 Å². The molecule has 0 fully saturated rings. The molecule has 1 heterocycles. The average Bonchev–Trinajstić information content (AvgIpc) is 2.52. The molecule has 0 aliphatic heterocycles. The number of amides is 1. The first-order valence-electron chi connectivity index (χ1n) is 6.28. The molecule has 0 aliphatic carbocycles. The van der Waals surface area contributed by atoms with E-state index >= 15 is 0 Å². The van der Waals surface area contributed by atoms with Crippen molar-refractivity contribution in [1.29, 1.82) is 0 Å². The molecule has 102 valence electrons. The Kier molecular flexibility index (Phi) is 4.83. The predicted octanol–water partition coefficient (Wildman–Crippen LogP) is 2.00. The molecule has 0 unspecified atom stereocenters. The minimum atomic E-state index is -0.257. The molecule has 20 heavy (non-hydrogen) atoms. The van der Waals surface area contributed by atoms with Gasteiger partial charge in [0.15, 0.2) is 0 Å². The fraction of sp³-hybridized carbons (Fsp3) is 0.133. The second-order valence-electron chi connectivity index (χ2n) is 4.12. The van der Waals surface area contributed by atoms with E-state index in [9.17, 15) is 4.79 Å². The van der Waals surface area contributed by atoms with E-state index < -0.39 is 0 Å². The van der Waals surface area contributed by atoms with E-state index in [0.29, 0.717) is 18.9 Å². The molecule has 1 aromatic heterocycles. The number of nitrogens with one attached hydrogen (secondary N) is 2. The fourth-order valence-electron chi connectivity index (χ4n) is 1.58. The standard InChI is InChI=1S/C15H16N4O/c1-2-8-16-15(20)13-10-19-14(11-17-13)18-9-12-6-4-3-5-7-12/h2-7,10-11H,1,8-9H2,(H,16,20)(H,18,19). The van der Waals surface area contributed by atoms with Crippen molar-refractivity contribution in [3.05, 3.63) is 66.6 Å². The van der Waals surface area contributed by atoms with Gasteiger partial charge >= 0.3 is 0 Å². The van der Waals surface area contributed by atoms with Crippen molar-refractivity contribution >= 4 is 11.7 Å². The summed E-state index contributed by atoms with van der Waals surface area (Å²) >= 11 is 0. The maximum atomic E-state index is 11.6. The van der Waals surface area contributed by atoms with E-state index in [1.54, 1.807) is 12.3 Å². The summed E-state index contributed by atoms with van der Waals surface area (Å²) in [5.41, 5.74) is 1.44. The SMILES string of the molecule is C=CCNC(=O)c1cnc(NCc2ccccc2)cn1. The number of carbonyl (C=O) groups is 1. The lowest BCUT2D eigenvalue weighted by atomic mass is 10.2. The van der Waals surface area contributed by atoms with Crippen molar-refractivity contribution in [2.24, 2.45) is 0 Å². The van der Waals surface area contributed by atoms with Gasteiger partial charge in [-0.25, -0.2) is 9.97 Å². The van der Waals surface area contributed by atoms with Gasteiger partial charge in [-0.2, -0.15) is 0 Å². The molecule has 2 aromatic rings. The highest BCUT2D eigenvalue weighted by molar-refractivity contribution is 5.92. The van der Waals surface area contributed by atoms with Crippen molar-refractivity contribution in [2.45, 2.75) is 6.54 Å². The normalized spacial score (nSPS) is 9.80. The van der Waals surface area contributed by atoms with E-state index in [2.05, 4.69) is 27.2 Å². The molecule has 0 saturated carbocycles. The average molecular weight is 268 g/mol. The Labute approximate surface area is 117 Å². The summed E-state index contributed by atoms with van der Waals surface area (Å²) < 4.78 is 0. The third-order valence-corrected chi connectivity index (χ3v) is 2.61. The maximum absolute atomic E-state index is 11.6. The molecular weight excluding hydrogens is 252 g/mol. The Balaban J connectivity index is 1.91. The summed E-state index contributed by atoms with van der Waals surface area (Å²) in [5.74, 6) is 0.376. The molecule has 2 rings (SSSR count). The van der Waals surface area contributed by atoms with Gasteiger partial charge in [0, 0.05) is 13.1 Å². The number of aromatic nitrogens is 2. The van der Waals surface area contributed by atoms with Crippen molar-refractivity contribution in [2.75, 3.05) is 11.9 Å². The van der Waals surface area contributed by atoms with E-state index in [-0.39, 0.29) is 11.6 Å². The summed E-state index contributed by atoms with van der Waals surface area (Å²) in [5, 5.41) is 5.79. The molecule has 0 bridgehead atoms. The zero-order valence-electron chi connectivity index (χ0n) is 11.0. The molecule has 0 saturated heterocycles. The fourth-order valence-corrected chi connectivity index (χ4v) is 1.58. The summed E-state index contributed by atoms with van der Waals surface area (Å²) in [7, 11) is 0. The smallest absolute Gasteiger partial charge is 0.271 e. The Morgan fingerprint density at radius 2 is 2.00 bits per heavy atom. The highest BCUT2D eigenvalue weighted by Gasteiger charge is 2.06. The Morgan fingerprint density at radius 1 is 1.20 bits per heavy atom. The lowest BCUT2D eigenvalue weighted by Gasteiger charge is -2.06. The van der Waals surface area contributed by atoms with Crippen LogP contribution in [0.5, 0.6) is 0 Å². The molecule has 5 heteroatoms. The molecule has 2 N–H and O–H groups in total. The van der Waals surface area contributed by atoms with Crippen LogP contribution in [0.4, 0.5) is 5.82 Å². The van der Waals surface area contributed by atoms with Gasteiger partial charge in [-0.1, -0.05) is 36.4 Å². The maximum Gasteiger partial charge on any atom is 0.271 e. The van der Waals surface area contributed by atoms with Gasteiger partial charge < -0.3 is 10.6 Å². The van der Waals surface area contributed by atoms with Crippen LogP contribution in [0.2, 0.25) is 0 Å². The molecule has 1 amide bonds. The van der Waals surface area contributed by atoms with Crippen LogP contribution in [0.25, 0.3) is 0 Å². The second-order valence-corrected chi connectivity index (χ2v) is 4.12. The lowest BCUT2D eigenvalue weighted by Crippen LogP contribution is -2.24. The molecule has 0 radical (unpaired) electrons. The molecular formula is C15H16N4O. The minimum Gasteiger partial charge on any atom is -0.365 e. The largest absolute Gasteiger partial charge is 0.365 e. The highest BCUT2D eigenvalue weighted by atomic mass is 16.1. The quantitative estimate of drug-likeness (QED) is 0.786. The molecule has 5 nitrogen and oxygen atoms in total. The third-order valence-electron chi connectivity index (χ3n) is 2.61. The minimum absolute atomic E-state index is 0.257. The van der Waals surface area contributed by atoms with Crippen LogP contribution in [0, 0.1) is 0 Å². The zero-order valence-corrected chi connectivity index (χ0v) is 11.0. The Bertz CT molecular complexity index is 566. The number of rotatable bonds is 6. The topological polar surface area (TPSA) is 66.9 Å². The van der Waals surface area contributed by atoms with Crippen molar-refractivity contribution < 1.29 is 4.79 Å². The van der Waals surface area contributed by atoms with Gasteiger partial charge in [-0.15, -0.1) is 6.58 Å². The number of benzene rings is 1. The summed E-state index contributed by atoms with van der Waals surface area (Å²) in [6.45, 7) is 4.61. The third kappa shape index (κ3) is 3.91. The number of nitrogens with zero attached hydrogens (tertiary/aromatic N) is 2. The number of anilines is 1. The van der Waals surface area contributed by atoms with Gasteiger partial charge in [-0.05, 0) is 5.56 Å². The van der Waals surface area contributed by atoms with E-state index in [4.69, 9.17) is 0 Å². The first-order chi connectivity index (χ1) is 9.79. The predicted molar refractivity (Wildman–Crippen MR) is 78.3 cm³/mol. The number of hydrogen-bond donors (Lipinski definition) is 2. The van der Waals surface area contributed by atoms with Crippen LogP contribution in [-0.4, -0.2) is 22.4 Å². The highest BCUT2D eigenvalue weighted by Crippen LogP contribution is 2.05. The molecule has 0 aliphatic rings. The van der Waals surface area contributed by atoms with E-state index in [1.165, 1.54) is 6.20 Å². The van der Waals surface area contributed by atoms with Crippen molar-refractivity contribution in [3.8, 4) is 0 Å². The van der Waals surface area contributed by atoms with Gasteiger partial charge in [0.25, 0.3) is 5.91 Å². The number of carbonyl (C=O) groups excluding carboxylic acids is 1. The molecule has 1 aromatic carbocycles. The van der Waals surface area contributed by atoms with Crippen LogP contribution in [0.1, 0.15) is 16.1 Å². The van der Waals surface area contributed by atoms with Crippen LogP contribution < -0.4 is 10.6 Å². The lowest BCUT2D eigenvalue weighted by molar-refractivity contribution is 0.0952. The number of hydrogen-bond acceptors (Lipinski definition) is 4. The summed E-state index contributed by atoms with van der Waals surface area (Å²) in [6, 6.07) is 9.99. The van der Waals surface area contributed by atoms with Crippen LogP contribution in [0.3, 0.4) is 0 Å². The molecule has 0 spiro atoms. The zero-order chi connectivity index (χ0) is 14.2. The van der Waals surface area contributed by atoms with Crippen LogP contribution >= 0.6 is 0 Å².